The van der Waals surface area contributed by atoms with E-state index in [9.17, 15) is 24.6 Å². The Morgan fingerprint density at radius 1 is 1.29 bits per heavy atom. The molecule has 8 heteroatoms. The molecule has 1 aromatic carbocycles. The number of allylic oxidation sites excluding steroid dienone is 3. The number of carboxylic acids is 2. The number of benzene rings is 1. The van der Waals surface area contributed by atoms with Gasteiger partial charge in [-0.15, -0.1) is 11.8 Å². The number of carbonyl (C=O) groups is 3. The average Bonchev–Trinajstić information content (AvgIpc) is 2.67. The normalized spacial score (nSPS) is 19.2. The fraction of sp³-hybridized carbons (Fsp3) is 0.300. The van der Waals surface area contributed by atoms with Crippen LogP contribution in [0.3, 0.4) is 0 Å². The molecular formula is C20H22N2O5S. The highest BCUT2D eigenvalue weighted by Gasteiger charge is 2.34. The Morgan fingerprint density at radius 3 is 2.61 bits per heavy atom. The number of hydrogen-bond acceptors (Lipinski definition) is 5. The molecule has 0 saturated carbocycles. The smallest absolute Gasteiger partial charge is 0.354 e. The lowest BCUT2D eigenvalue weighted by molar-refractivity contribution is -0.141. The second-order valence-electron chi connectivity index (χ2n) is 6.06. The second kappa shape index (κ2) is 10.5. The fourth-order valence-corrected chi connectivity index (χ4v) is 3.70. The van der Waals surface area contributed by atoms with Gasteiger partial charge in [0.2, 0.25) is 5.91 Å². The molecule has 0 aromatic heterocycles. The number of nitrogens with zero attached hydrogens (tertiary/aromatic N) is 1. The Morgan fingerprint density at radius 2 is 2.00 bits per heavy atom. The zero-order chi connectivity index (χ0) is 20.5. The molecule has 7 nitrogen and oxygen atoms in total. The molecule has 2 atom stereocenters. The highest BCUT2D eigenvalue weighted by molar-refractivity contribution is 8.00. The third-order valence-corrected chi connectivity index (χ3v) is 5.11. The first-order valence-electron chi connectivity index (χ1n) is 8.77. The average molecular weight is 402 g/mol. The summed E-state index contributed by atoms with van der Waals surface area (Å²) in [6.45, 7) is 1.96. The van der Waals surface area contributed by atoms with E-state index in [4.69, 9.17) is 0 Å². The molecule has 0 saturated heterocycles. The van der Waals surface area contributed by atoms with Crippen LogP contribution in [-0.4, -0.2) is 50.9 Å². The third kappa shape index (κ3) is 6.09. The minimum atomic E-state index is -1.32. The van der Waals surface area contributed by atoms with E-state index in [1.54, 1.807) is 36.4 Å². The minimum absolute atomic E-state index is 0.0322. The topological polar surface area (TPSA) is 116 Å². The van der Waals surface area contributed by atoms with E-state index >= 15 is 0 Å². The van der Waals surface area contributed by atoms with Crippen molar-refractivity contribution in [1.82, 2.24) is 5.32 Å². The molecule has 3 N–H and O–H groups in total. The molecular weight excluding hydrogens is 380 g/mol. The van der Waals surface area contributed by atoms with Gasteiger partial charge in [0.05, 0.1) is 6.42 Å². The van der Waals surface area contributed by atoms with Crippen LogP contribution in [-0.2, 0) is 20.8 Å². The van der Waals surface area contributed by atoms with E-state index in [0.29, 0.717) is 11.3 Å². The molecule has 2 rings (SSSR count). The Balaban J connectivity index is 2.17. The van der Waals surface area contributed by atoms with Gasteiger partial charge < -0.3 is 15.5 Å². The number of aliphatic imine (C=N–C) groups is 1. The van der Waals surface area contributed by atoms with Gasteiger partial charge in [-0.05, 0) is 17.6 Å². The van der Waals surface area contributed by atoms with Crippen molar-refractivity contribution in [2.24, 2.45) is 4.99 Å². The Hall–Kier alpha value is -2.87. The molecule has 0 bridgehead atoms. The van der Waals surface area contributed by atoms with Crippen molar-refractivity contribution in [2.45, 2.75) is 31.2 Å². The SMILES string of the molecule is CC/C=C/C=C1\CSC(C(NC(=O)Cc2ccccc2)C(=O)O)N=C1C(=O)O. The lowest BCUT2D eigenvalue weighted by Crippen LogP contribution is -2.49. The van der Waals surface area contributed by atoms with Crippen molar-refractivity contribution in [3.63, 3.8) is 0 Å². The van der Waals surface area contributed by atoms with Crippen LogP contribution in [0.5, 0.6) is 0 Å². The summed E-state index contributed by atoms with van der Waals surface area (Å²) in [6.07, 6.45) is 6.15. The van der Waals surface area contributed by atoms with Crippen molar-refractivity contribution in [3.8, 4) is 0 Å². The van der Waals surface area contributed by atoms with Crippen LogP contribution in [0.25, 0.3) is 0 Å². The summed E-state index contributed by atoms with van der Waals surface area (Å²) in [6, 6.07) is 7.63. The number of carboxylic acid groups (broad SMARTS) is 2. The lowest BCUT2D eigenvalue weighted by Gasteiger charge is -2.26. The number of hydrogen-bond donors (Lipinski definition) is 3. The number of amides is 1. The molecule has 1 aliphatic rings. The number of carbonyl (C=O) groups excluding carboxylic acids is 1. The Labute approximate surface area is 167 Å². The molecule has 1 aromatic rings. The molecule has 0 radical (unpaired) electrons. The highest BCUT2D eigenvalue weighted by Crippen LogP contribution is 2.27. The largest absolute Gasteiger partial charge is 0.480 e. The van der Waals surface area contributed by atoms with Crippen LogP contribution >= 0.6 is 11.8 Å². The summed E-state index contributed by atoms with van der Waals surface area (Å²) >= 11 is 1.19. The maximum atomic E-state index is 12.3. The van der Waals surface area contributed by atoms with Crippen LogP contribution in [0.15, 0.2) is 59.1 Å². The molecule has 0 spiro atoms. The zero-order valence-electron chi connectivity index (χ0n) is 15.4. The third-order valence-electron chi connectivity index (χ3n) is 3.92. The maximum absolute atomic E-state index is 12.3. The molecule has 1 heterocycles. The van der Waals surface area contributed by atoms with Gasteiger partial charge >= 0.3 is 11.9 Å². The number of rotatable bonds is 8. The van der Waals surface area contributed by atoms with Gasteiger partial charge in [-0.25, -0.2) is 9.59 Å². The minimum Gasteiger partial charge on any atom is -0.480 e. The summed E-state index contributed by atoms with van der Waals surface area (Å²) < 4.78 is 0. The van der Waals surface area contributed by atoms with Crippen LogP contribution < -0.4 is 5.32 Å². The summed E-state index contributed by atoms with van der Waals surface area (Å²) in [5.41, 5.74) is 1.09. The van der Waals surface area contributed by atoms with Crippen LogP contribution in [0, 0.1) is 0 Å². The summed E-state index contributed by atoms with van der Waals surface area (Å²) in [7, 11) is 0. The first kappa shape index (κ1) is 21.4. The van der Waals surface area contributed by atoms with Crippen molar-refractivity contribution in [3.05, 3.63) is 59.7 Å². The van der Waals surface area contributed by atoms with E-state index in [0.717, 1.165) is 12.0 Å². The number of nitrogens with one attached hydrogen (secondary N) is 1. The molecule has 28 heavy (non-hydrogen) atoms. The molecule has 2 unspecified atom stereocenters. The first-order valence-corrected chi connectivity index (χ1v) is 9.82. The van der Waals surface area contributed by atoms with E-state index in [1.165, 1.54) is 11.8 Å². The lowest BCUT2D eigenvalue weighted by atomic mass is 10.1. The van der Waals surface area contributed by atoms with Crippen LogP contribution in [0.1, 0.15) is 18.9 Å². The summed E-state index contributed by atoms with van der Waals surface area (Å²) in [4.78, 5) is 39.6. The van der Waals surface area contributed by atoms with Crippen LogP contribution in [0.2, 0.25) is 0 Å². The number of thioether (sulfide) groups is 1. The summed E-state index contributed by atoms with van der Waals surface area (Å²) in [5.74, 6) is -2.65. The van der Waals surface area contributed by atoms with Crippen molar-refractivity contribution >= 4 is 35.3 Å². The maximum Gasteiger partial charge on any atom is 0.354 e. The van der Waals surface area contributed by atoms with E-state index in [1.807, 2.05) is 19.1 Å². The Bertz CT molecular complexity index is 817. The van der Waals surface area contributed by atoms with Gasteiger partial charge in [0.15, 0.2) is 6.04 Å². The van der Waals surface area contributed by atoms with E-state index in [2.05, 4.69) is 10.3 Å². The van der Waals surface area contributed by atoms with Gasteiger partial charge in [-0.3, -0.25) is 9.79 Å². The van der Waals surface area contributed by atoms with Crippen molar-refractivity contribution in [1.29, 1.82) is 0 Å². The molecule has 1 amide bonds. The predicted octanol–water partition coefficient (Wildman–Crippen LogP) is 2.29. The standard InChI is InChI=1S/C20H22N2O5S/c1-2-3-5-10-14-12-28-18(22-16(14)19(24)25)17(20(26)27)21-15(23)11-13-8-6-4-7-9-13/h3-10,17-18H,2,11-12H2,1H3,(H,21,23)(H,24,25)(H,26,27)/b5-3+,14-10+. The predicted molar refractivity (Wildman–Crippen MR) is 109 cm³/mol. The van der Waals surface area contributed by atoms with Crippen LogP contribution in [0.4, 0.5) is 0 Å². The molecule has 0 fully saturated rings. The van der Waals surface area contributed by atoms with E-state index in [-0.39, 0.29) is 12.1 Å². The number of aliphatic carboxylic acids is 2. The van der Waals surface area contributed by atoms with Gasteiger partial charge in [0.1, 0.15) is 11.1 Å². The second-order valence-corrected chi connectivity index (χ2v) is 7.16. The molecule has 1 aliphatic heterocycles. The van der Waals surface area contributed by atoms with Crippen molar-refractivity contribution < 1.29 is 24.6 Å². The van der Waals surface area contributed by atoms with Gasteiger partial charge in [0.25, 0.3) is 0 Å². The Kier molecular flexibility index (Phi) is 8.01. The quantitative estimate of drug-likeness (QED) is 0.614. The molecule has 148 valence electrons. The first-order chi connectivity index (χ1) is 13.4. The van der Waals surface area contributed by atoms with Gasteiger partial charge in [-0.1, -0.05) is 55.5 Å². The molecule has 0 aliphatic carbocycles. The fourth-order valence-electron chi connectivity index (χ4n) is 2.56. The van der Waals surface area contributed by atoms with Gasteiger partial charge in [-0.2, -0.15) is 0 Å². The van der Waals surface area contributed by atoms with E-state index < -0.39 is 29.3 Å². The monoisotopic (exact) mass is 402 g/mol. The summed E-state index contributed by atoms with van der Waals surface area (Å²) in [5, 5.41) is 20.5. The van der Waals surface area contributed by atoms with Crippen molar-refractivity contribution in [2.75, 3.05) is 5.75 Å². The zero-order valence-corrected chi connectivity index (χ0v) is 16.2. The van der Waals surface area contributed by atoms with Gasteiger partial charge in [0, 0.05) is 5.75 Å². The highest BCUT2D eigenvalue weighted by atomic mass is 32.2.